The van der Waals surface area contributed by atoms with E-state index in [0.717, 1.165) is 37.9 Å². The van der Waals surface area contributed by atoms with Crippen molar-refractivity contribution in [3.8, 4) is 0 Å². The summed E-state index contributed by atoms with van der Waals surface area (Å²) in [6, 6.07) is 6.40. The molecule has 0 saturated heterocycles. The van der Waals surface area contributed by atoms with Crippen molar-refractivity contribution >= 4 is 11.6 Å². The lowest BCUT2D eigenvalue weighted by molar-refractivity contribution is -0.119. The third kappa shape index (κ3) is 2.59. The number of nitrogens with zero attached hydrogens (tertiary/aromatic N) is 1. The number of rotatable bonds is 2. The minimum Gasteiger partial charge on any atom is -0.325 e. The van der Waals surface area contributed by atoms with Crippen LogP contribution in [0.25, 0.3) is 0 Å². The molecule has 20 heavy (non-hydrogen) atoms. The number of hydrogen-bond acceptors (Lipinski definition) is 2. The van der Waals surface area contributed by atoms with Gasteiger partial charge in [-0.2, -0.15) is 0 Å². The maximum atomic E-state index is 12.7. The van der Waals surface area contributed by atoms with E-state index in [1.165, 1.54) is 24.0 Å². The number of fused-ring (bicyclic) bond motifs is 1. The van der Waals surface area contributed by atoms with Gasteiger partial charge in [-0.15, -0.1) is 0 Å². The number of benzene rings is 1. The standard InChI is InChI=1S/C17H24N2O/c1-13-6-7-15-14(11-13)5-4-10-19(15)16(20)12-17(18)8-2-3-9-17/h6-7,11H,2-5,8-10,12,18H2,1H3. The summed E-state index contributed by atoms with van der Waals surface area (Å²) in [7, 11) is 0. The molecule has 0 radical (unpaired) electrons. The fourth-order valence-electron chi connectivity index (χ4n) is 3.64. The molecule has 1 amide bonds. The van der Waals surface area contributed by atoms with Gasteiger partial charge in [-0.25, -0.2) is 0 Å². The molecule has 3 rings (SSSR count). The first kappa shape index (κ1) is 13.6. The summed E-state index contributed by atoms with van der Waals surface area (Å²) in [4.78, 5) is 14.6. The predicted molar refractivity (Wildman–Crippen MR) is 81.9 cm³/mol. The number of carbonyl (C=O) groups is 1. The predicted octanol–water partition coefficient (Wildman–Crippen LogP) is 2.94. The van der Waals surface area contributed by atoms with Gasteiger partial charge in [0.05, 0.1) is 0 Å². The van der Waals surface area contributed by atoms with Crippen molar-refractivity contribution in [3.05, 3.63) is 29.3 Å². The lowest BCUT2D eigenvalue weighted by Crippen LogP contribution is -2.45. The molecule has 1 aliphatic carbocycles. The van der Waals surface area contributed by atoms with Gasteiger partial charge < -0.3 is 10.6 Å². The van der Waals surface area contributed by atoms with Crippen molar-refractivity contribution < 1.29 is 4.79 Å². The van der Waals surface area contributed by atoms with E-state index >= 15 is 0 Å². The first-order valence-electron chi connectivity index (χ1n) is 7.76. The first-order chi connectivity index (χ1) is 9.57. The van der Waals surface area contributed by atoms with Gasteiger partial charge in [0.2, 0.25) is 5.91 Å². The van der Waals surface area contributed by atoms with E-state index in [9.17, 15) is 4.79 Å². The molecule has 0 spiro atoms. The highest BCUT2D eigenvalue weighted by Gasteiger charge is 2.34. The molecule has 0 bridgehead atoms. The highest BCUT2D eigenvalue weighted by molar-refractivity contribution is 5.95. The normalized spacial score (nSPS) is 20.8. The van der Waals surface area contributed by atoms with Crippen molar-refractivity contribution in [2.24, 2.45) is 5.73 Å². The second-order valence-corrected chi connectivity index (χ2v) is 6.53. The van der Waals surface area contributed by atoms with E-state index in [-0.39, 0.29) is 11.4 Å². The molecule has 1 aromatic rings. The SMILES string of the molecule is Cc1ccc2c(c1)CCCN2C(=O)CC1(N)CCCC1. The van der Waals surface area contributed by atoms with Gasteiger partial charge in [0.15, 0.2) is 0 Å². The smallest absolute Gasteiger partial charge is 0.228 e. The highest BCUT2D eigenvalue weighted by Crippen LogP contribution is 2.33. The zero-order valence-electron chi connectivity index (χ0n) is 12.3. The molecule has 1 fully saturated rings. The van der Waals surface area contributed by atoms with Crippen molar-refractivity contribution in [3.63, 3.8) is 0 Å². The van der Waals surface area contributed by atoms with E-state index in [0.29, 0.717) is 6.42 Å². The lowest BCUT2D eigenvalue weighted by atomic mass is 9.92. The first-order valence-corrected chi connectivity index (χ1v) is 7.76. The van der Waals surface area contributed by atoms with Gasteiger partial charge in [0, 0.05) is 24.2 Å². The van der Waals surface area contributed by atoms with Crippen molar-refractivity contribution in [1.82, 2.24) is 0 Å². The number of nitrogens with two attached hydrogens (primary N) is 1. The van der Waals surface area contributed by atoms with Gasteiger partial charge >= 0.3 is 0 Å². The van der Waals surface area contributed by atoms with Gasteiger partial charge in [-0.05, 0) is 44.2 Å². The quantitative estimate of drug-likeness (QED) is 0.899. The highest BCUT2D eigenvalue weighted by atomic mass is 16.2. The van der Waals surface area contributed by atoms with Crippen LogP contribution >= 0.6 is 0 Å². The van der Waals surface area contributed by atoms with E-state index in [2.05, 4.69) is 25.1 Å². The van der Waals surface area contributed by atoms with E-state index in [1.807, 2.05) is 4.90 Å². The Kier molecular flexibility index (Phi) is 3.55. The van der Waals surface area contributed by atoms with Crippen LogP contribution in [0.2, 0.25) is 0 Å². The molecule has 3 nitrogen and oxygen atoms in total. The molecule has 3 heteroatoms. The Morgan fingerprint density at radius 1 is 1.30 bits per heavy atom. The monoisotopic (exact) mass is 272 g/mol. The molecule has 1 aromatic carbocycles. The van der Waals surface area contributed by atoms with Crippen LogP contribution in [0.3, 0.4) is 0 Å². The van der Waals surface area contributed by atoms with Crippen molar-refractivity contribution in [1.29, 1.82) is 0 Å². The zero-order valence-corrected chi connectivity index (χ0v) is 12.3. The summed E-state index contributed by atoms with van der Waals surface area (Å²) in [6.45, 7) is 2.94. The molecule has 0 aromatic heterocycles. The number of amides is 1. The molecular formula is C17H24N2O. The second kappa shape index (κ2) is 5.21. The van der Waals surface area contributed by atoms with Crippen LogP contribution in [-0.4, -0.2) is 18.0 Å². The number of aryl methyl sites for hydroxylation is 2. The van der Waals surface area contributed by atoms with Crippen LogP contribution in [0.5, 0.6) is 0 Å². The minimum absolute atomic E-state index is 0.208. The van der Waals surface area contributed by atoms with Crippen LogP contribution < -0.4 is 10.6 Å². The molecule has 0 atom stereocenters. The maximum absolute atomic E-state index is 12.7. The summed E-state index contributed by atoms with van der Waals surface area (Å²) in [6.07, 6.45) is 6.95. The van der Waals surface area contributed by atoms with Gasteiger partial charge in [-0.3, -0.25) is 4.79 Å². The summed E-state index contributed by atoms with van der Waals surface area (Å²) in [5.41, 5.74) is 9.79. The topological polar surface area (TPSA) is 46.3 Å². The molecule has 108 valence electrons. The third-order valence-electron chi connectivity index (χ3n) is 4.76. The Bertz CT molecular complexity index is 518. The van der Waals surface area contributed by atoms with Gasteiger partial charge in [-0.1, -0.05) is 30.5 Å². The molecule has 2 N–H and O–H groups in total. The van der Waals surface area contributed by atoms with Crippen LogP contribution in [0.15, 0.2) is 18.2 Å². The number of carbonyl (C=O) groups excluding carboxylic acids is 1. The Hall–Kier alpha value is -1.35. The van der Waals surface area contributed by atoms with Crippen LogP contribution in [-0.2, 0) is 11.2 Å². The Morgan fingerprint density at radius 2 is 2.05 bits per heavy atom. The fourth-order valence-corrected chi connectivity index (χ4v) is 3.64. The molecule has 1 heterocycles. The maximum Gasteiger partial charge on any atom is 0.228 e. The molecule has 1 saturated carbocycles. The van der Waals surface area contributed by atoms with E-state index < -0.39 is 0 Å². The van der Waals surface area contributed by atoms with E-state index in [4.69, 9.17) is 5.73 Å². The average Bonchev–Trinajstić information content (AvgIpc) is 2.84. The largest absolute Gasteiger partial charge is 0.325 e. The Balaban J connectivity index is 1.80. The fraction of sp³-hybridized carbons (Fsp3) is 0.588. The van der Waals surface area contributed by atoms with Crippen molar-refractivity contribution in [2.75, 3.05) is 11.4 Å². The van der Waals surface area contributed by atoms with Crippen molar-refractivity contribution in [2.45, 2.75) is 57.4 Å². The Labute approximate surface area is 121 Å². The Morgan fingerprint density at radius 3 is 2.80 bits per heavy atom. The second-order valence-electron chi connectivity index (χ2n) is 6.53. The molecule has 2 aliphatic rings. The van der Waals surface area contributed by atoms with Crippen LogP contribution in [0.4, 0.5) is 5.69 Å². The number of hydrogen-bond donors (Lipinski definition) is 1. The third-order valence-corrected chi connectivity index (χ3v) is 4.76. The molecule has 0 unspecified atom stereocenters. The van der Waals surface area contributed by atoms with Gasteiger partial charge in [0.1, 0.15) is 0 Å². The van der Waals surface area contributed by atoms with Crippen LogP contribution in [0.1, 0.15) is 49.7 Å². The molecular weight excluding hydrogens is 248 g/mol. The summed E-state index contributed by atoms with van der Waals surface area (Å²) in [5, 5.41) is 0. The minimum atomic E-state index is -0.251. The number of anilines is 1. The zero-order chi connectivity index (χ0) is 14.2. The van der Waals surface area contributed by atoms with E-state index in [1.54, 1.807) is 0 Å². The summed E-state index contributed by atoms with van der Waals surface area (Å²) in [5.74, 6) is 0.208. The summed E-state index contributed by atoms with van der Waals surface area (Å²) >= 11 is 0. The van der Waals surface area contributed by atoms with Crippen LogP contribution in [0, 0.1) is 6.92 Å². The summed E-state index contributed by atoms with van der Waals surface area (Å²) < 4.78 is 0. The lowest BCUT2D eigenvalue weighted by Gasteiger charge is -2.33. The van der Waals surface area contributed by atoms with Gasteiger partial charge in [0.25, 0.3) is 0 Å². The average molecular weight is 272 g/mol. The molecule has 1 aliphatic heterocycles.